The summed E-state index contributed by atoms with van der Waals surface area (Å²) in [4.78, 5) is 12.4. The van der Waals surface area contributed by atoms with Gasteiger partial charge >= 0.3 is 0 Å². The fourth-order valence-corrected chi connectivity index (χ4v) is 4.42. The molecule has 2 unspecified atom stereocenters. The molecule has 2 saturated carbocycles. The lowest BCUT2D eigenvalue weighted by Crippen LogP contribution is -2.53. The van der Waals surface area contributed by atoms with E-state index in [-0.39, 0.29) is 11.9 Å². The number of hydrogen-bond acceptors (Lipinski definition) is 3. The minimum absolute atomic E-state index is 0.0921. The zero-order valence-electron chi connectivity index (χ0n) is 11.7. The molecule has 1 amide bonds. The fraction of sp³-hybridized carbons (Fsp3) is 0.667. The van der Waals surface area contributed by atoms with Crippen LogP contribution in [-0.4, -0.2) is 18.0 Å². The Morgan fingerprint density at radius 1 is 1.40 bits per heavy atom. The summed E-state index contributed by atoms with van der Waals surface area (Å²) in [6.07, 6.45) is 5.68. The summed E-state index contributed by atoms with van der Waals surface area (Å²) >= 11 is 3.27. The summed E-state index contributed by atoms with van der Waals surface area (Å²) in [7, 11) is 0. The molecule has 2 fully saturated rings. The van der Waals surface area contributed by atoms with Crippen LogP contribution in [0, 0.1) is 18.8 Å². The maximum atomic E-state index is 12.4. The molecule has 3 rings (SSSR count). The third-order valence-electron chi connectivity index (χ3n) is 4.77. The van der Waals surface area contributed by atoms with Crippen LogP contribution < -0.4 is 11.1 Å². The number of furan rings is 1. The van der Waals surface area contributed by atoms with Gasteiger partial charge in [-0.25, -0.2) is 0 Å². The van der Waals surface area contributed by atoms with Crippen molar-refractivity contribution in [3.05, 3.63) is 22.1 Å². The molecule has 4 nitrogen and oxygen atoms in total. The third-order valence-corrected chi connectivity index (χ3v) is 5.16. The second kappa shape index (κ2) is 5.53. The van der Waals surface area contributed by atoms with E-state index in [1.165, 1.54) is 19.3 Å². The predicted octanol–water partition coefficient (Wildman–Crippen LogP) is 2.99. The van der Waals surface area contributed by atoms with Gasteiger partial charge < -0.3 is 15.5 Å². The van der Waals surface area contributed by atoms with Crippen molar-refractivity contribution in [1.82, 2.24) is 5.32 Å². The zero-order valence-corrected chi connectivity index (χ0v) is 13.3. The molecule has 2 aliphatic carbocycles. The van der Waals surface area contributed by atoms with Gasteiger partial charge in [-0.15, -0.1) is 0 Å². The maximum absolute atomic E-state index is 12.4. The number of halogens is 1. The number of fused-ring (bicyclic) bond motifs is 2. The molecule has 3 N–H and O–H groups in total. The summed E-state index contributed by atoms with van der Waals surface area (Å²) < 4.78 is 6.04. The van der Waals surface area contributed by atoms with Crippen LogP contribution in [0.4, 0.5) is 0 Å². The van der Waals surface area contributed by atoms with Crippen molar-refractivity contribution in [2.45, 2.75) is 51.1 Å². The average molecular weight is 341 g/mol. The van der Waals surface area contributed by atoms with Gasteiger partial charge in [0.05, 0.1) is 0 Å². The van der Waals surface area contributed by atoms with E-state index in [0.717, 1.165) is 18.4 Å². The second-order valence-electron chi connectivity index (χ2n) is 6.24. The van der Waals surface area contributed by atoms with Gasteiger partial charge in [-0.1, -0.05) is 6.42 Å². The van der Waals surface area contributed by atoms with Crippen LogP contribution in [0.2, 0.25) is 0 Å². The van der Waals surface area contributed by atoms with Crippen molar-refractivity contribution in [3.63, 3.8) is 0 Å². The Hall–Kier alpha value is -0.810. The number of nitrogens with one attached hydrogen (secondary N) is 1. The first-order chi connectivity index (χ1) is 9.54. The molecule has 2 atom stereocenters. The molecular weight excluding hydrogens is 320 g/mol. The molecule has 0 spiro atoms. The molecule has 0 radical (unpaired) electrons. The summed E-state index contributed by atoms with van der Waals surface area (Å²) in [5.41, 5.74) is 6.99. The van der Waals surface area contributed by atoms with Crippen LogP contribution in [-0.2, 0) is 0 Å². The monoisotopic (exact) mass is 340 g/mol. The van der Waals surface area contributed by atoms with Crippen molar-refractivity contribution in [2.24, 2.45) is 17.6 Å². The first-order valence-corrected chi connectivity index (χ1v) is 8.16. The van der Waals surface area contributed by atoms with Gasteiger partial charge in [-0.05, 0) is 66.4 Å². The van der Waals surface area contributed by atoms with E-state index < -0.39 is 0 Å². The lowest BCUT2D eigenvalue weighted by Gasteiger charge is -2.45. The number of amides is 1. The van der Waals surface area contributed by atoms with Crippen LogP contribution >= 0.6 is 15.9 Å². The Labute approximate surface area is 127 Å². The Balaban J connectivity index is 1.74. The number of aryl methyl sites for hydroxylation is 1. The second-order valence-corrected chi connectivity index (χ2v) is 7.03. The fourth-order valence-electron chi connectivity index (χ4n) is 3.91. The number of hydrogen-bond donors (Lipinski definition) is 2. The minimum Gasteiger partial charge on any atom is -0.444 e. The first kappa shape index (κ1) is 14.1. The van der Waals surface area contributed by atoms with Gasteiger partial charge in [-0.2, -0.15) is 0 Å². The van der Waals surface area contributed by atoms with Gasteiger partial charge in [-0.3, -0.25) is 4.79 Å². The highest BCUT2D eigenvalue weighted by Gasteiger charge is 2.40. The Morgan fingerprint density at radius 2 is 2.05 bits per heavy atom. The molecule has 2 aliphatic rings. The molecule has 1 heterocycles. The van der Waals surface area contributed by atoms with Crippen molar-refractivity contribution >= 4 is 21.8 Å². The molecule has 1 aromatic rings. The van der Waals surface area contributed by atoms with E-state index in [2.05, 4.69) is 21.2 Å². The molecule has 110 valence electrons. The number of carbonyl (C=O) groups excluding carboxylic acids is 1. The lowest BCUT2D eigenvalue weighted by molar-refractivity contribution is 0.0730. The normalized spacial score (nSPS) is 33.0. The van der Waals surface area contributed by atoms with Gasteiger partial charge in [0.1, 0.15) is 0 Å². The van der Waals surface area contributed by atoms with Gasteiger partial charge in [0.25, 0.3) is 5.91 Å². The average Bonchev–Trinajstić information content (AvgIpc) is 2.69. The van der Waals surface area contributed by atoms with Crippen molar-refractivity contribution in [3.8, 4) is 0 Å². The molecule has 0 aromatic carbocycles. The van der Waals surface area contributed by atoms with Crippen LogP contribution in [0.15, 0.2) is 15.2 Å². The molecule has 0 saturated heterocycles. The highest BCUT2D eigenvalue weighted by Crippen LogP contribution is 2.39. The number of rotatable bonds is 2. The highest BCUT2D eigenvalue weighted by molar-refractivity contribution is 9.10. The van der Waals surface area contributed by atoms with E-state index in [1.807, 2.05) is 13.0 Å². The summed E-state index contributed by atoms with van der Waals surface area (Å²) in [5, 5.41) is 3.20. The van der Waals surface area contributed by atoms with Crippen LogP contribution in [0.25, 0.3) is 0 Å². The van der Waals surface area contributed by atoms with E-state index in [0.29, 0.717) is 28.3 Å². The number of carbonyl (C=O) groups is 1. The summed E-state index contributed by atoms with van der Waals surface area (Å²) in [6.45, 7) is 1.89. The lowest BCUT2D eigenvalue weighted by atomic mass is 9.67. The molecular formula is C15H21BrN2O2. The van der Waals surface area contributed by atoms with Gasteiger partial charge in [0, 0.05) is 17.6 Å². The van der Waals surface area contributed by atoms with Crippen molar-refractivity contribution in [1.29, 1.82) is 0 Å². The van der Waals surface area contributed by atoms with E-state index >= 15 is 0 Å². The largest absolute Gasteiger partial charge is 0.444 e. The standard InChI is InChI=1S/C15H21BrN2O2/c1-8-5-12(16)20-14(8)15(19)18-13-9-3-2-4-10(13)7-11(17)6-9/h5,9-11,13H,2-4,6-7,17H2,1H3,(H,18,19). The smallest absolute Gasteiger partial charge is 0.287 e. The molecule has 0 aliphatic heterocycles. The Morgan fingerprint density at radius 3 is 2.60 bits per heavy atom. The maximum Gasteiger partial charge on any atom is 0.287 e. The Kier molecular flexibility index (Phi) is 3.91. The third kappa shape index (κ3) is 2.66. The van der Waals surface area contributed by atoms with Gasteiger partial charge in [0.15, 0.2) is 10.4 Å². The van der Waals surface area contributed by atoms with Crippen LogP contribution in [0.5, 0.6) is 0 Å². The van der Waals surface area contributed by atoms with Crippen molar-refractivity contribution < 1.29 is 9.21 Å². The van der Waals surface area contributed by atoms with E-state index in [4.69, 9.17) is 10.2 Å². The van der Waals surface area contributed by atoms with E-state index in [1.54, 1.807) is 0 Å². The SMILES string of the molecule is Cc1cc(Br)oc1C(=O)NC1C2CCCC1CC(N)C2. The summed E-state index contributed by atoms with van der Waals surface area (Å²) in [5.74, 6) is 1.38. The quantitative estimate of drug-likeness (QED) is 0.869. The van der Waals surface area contributed by atoms with Crippen LogP contribution in [0.1, 0.15) is 48.2 Å². The van der Waals surface area contributed by atoms with Crippen LogP contribution in [0.3, 0.4) is 0 Å². The molecule has 5 heteroatoms. The zero-order chi connectivity index (χ0) is 14.3. The first-order valence-electron chi connectivity index (χ1n) is 7.37. The molecule has 1 aromatic heterocycles. The minimum atomic E-state index is -0.0921. The molecule has 2 bridgehead atoms. The Bertz CT molecular complexity index is 500. The topological polar surface area (TPSA) is 68.3 Å². The predicted molar refractivity (Wildman–Crippen MR) is 80.4 cm³/mol. The van der Waals surface area contributed by atoms with E-state index in [9.17, 15) is 4.79 Å². The summed E-state index contributed by atoms with van der Waals surface area (Å²) in [6, 6.07) is 2.39. The molecule has 20 heavy (non-hydrogen) atoms. The van der Waals surface area contributed by atoms with Gasteiger partial charge in [0.2, 0.25) is 0 Å². The number of nitrogens with two attached hydrogens (primary N) is 1. The van der Waals surface area contributed by atoms with Crippen molar-refractivity contribution in [2.75, 3.05) is 0 Å². The highest BCUT2D eigenvalue weighted by atomic mass is 79.9.